The summed E-state index contributed by atoms with van der Waals surface area (Å²) in [4.78, 5) is 27.1. The number of carbonyl (C=O) groups excluding carboxylic acids is 2. The number of piperidine rings is 1. The number of amides is 1. The molecule has 0 spiro atoms. The van der Waals surface area contributed by atoms with Gasteiger partial charge in [-0.1, -0.05) is 18.2 Å². The number of methoxy groups -OCH3 is 1. The van der Waals surface area contributed by atoms with Gasteiger partial charge in [-0.2, -0.15) is 0 Å². The molecule has 3 rings (SSSR count). The molecule has 0 bridgehead atoms. The van der Waals surface area contributed by atoms with Crippen molar-refractivity contribution >= 4 is 29.8 Å². The van der Waals surface area contributed by atoms with E-state index in [1.165, 1.54) is 0 Å². The lowest BCUT2D eigenvalue weighted by Crippen LogP contribution is -2.40. The number of hydrogen-bond donors (Lipinski definition) is 1. The fourth-order valence-electron chi connectivity index (χ4n) is 3.20. The van der Waals surface area contributed by atoms with E-state index >= 15 is 0 Å². The van der Waals surface area contributed by atoms with Gasteiger partial charge < -0.3 is 15.4 Å². The van der Waals surface area contributed by atoms with Crippen LogP contribution in [0.25, 0.3) is 0 Å². The standard InChI is InChI=1S/C20H22N2O3.ClH/c1-25-16-7-8-18(21)17(13-16)19(23)14-9-11-22(12-10-14)20(24)15-5-3-2-4-6-15;/h2-8,13-14H,9-12,21H2,1H3;1H. The Labute approximate surface area is 159 Å². The molecule has 2 N–H and O–H groups in total. The highest BCUT2D eigenvalue weighted by Crippen LogP contribution is 2.27. The minimum absolute atomic E-state index is 0. The summed E-state index contributed by atoms with van der Waals surface area (Å²) in [6.07, 6.45) is 1.29. The Kier molecular flexibility index (Phi) is 6.64. The Morgan fingerprint density at radius 2 is 1.73 bits per heavy atom. The third-order valence-electron chi connectivity index (χ3n) is 4.70. The highest BCUT2D eigenvalue weighted by molar-refractivity contribution is 6.03. The van der Waals surface area contributed by atoms with Gasteiger partial charge in [0.25, 0.3) is 5.91 Å². The highest BCUT2D eigenvalue weighted by Gasteiger charge is 2.29. The molecule has 1 amide bonds. The zero-order valence-corrected chi connectivity index (χ0v) is 15.5. The van der Waals surface area contributed by atoms with Crippen LogP contribution in [0.15, 0.2) is 48.5 Å². The molecule has 1 saturated heterocycles. The normalized spacial score (nSPS) is 14.4. The first-order chi connectivity index (χ1) is 12.1. The molecule has 0 aromatic heterocycles. The van der Waals surface area contributed by atoms with E-state index in [4.69, 9.17) is 10.5 Å². The molecule has 138 valence electrons. The van der Waals surface area contributed by atoms with E-state index in [0.717, 1.165) is 0 Å². The number of nitrogens with two attached hydrogens (primary N) is 1. The fraction of sp³-hybridized carbons (Fsp3) is 0.300. The van der Waals surface area contributed by atoms with Gasteiger partial charge in [-0.15, -0.1) is 12.4 Å². The van der Waals surface area contributed by atoms with Crippen LogP contribution in [0.4, 0.5) is 5.69 Å². The molecule has 2 aromatic rings. The van der Waals surface area contributed by atoms with E-state index in [1.807, 2.05) is 35.2 Å². The summed E-state index contributed by atoms with van der Waals surface area (Å²) in [7, 11) is 1.56. The number of ketones is 1. The molecule has 0 saturated carbocycles. The van der Waals surface area contributed by atoms with E-state index in [9.17, 15) is 9.59 Å². The van der Waals surface area contributed by atoms with Gasteiger partial charge in [0.2, 0.25) is 0 Å². The number of hydrogen-bond acceptors (Lipinski definition) is 4. The molecular weight excluding hydrogens is 352 g/mol. The Morgan fingerprint density at radius 1 is 1.08 bits per heavy atom. The predicted molar refractivity (Wildman–Crippen MR) is 104 cm³/mol. The van der Waals surface area contributed by atoms with Gasteiger partial charge in [0.05, 0.1) is 7.11 Å². The first kappa shape index (κ1) is 19.8. The Bertz CT molecular complexity index is 772. The van der Waals surface area contributed by atoms with E-state index in [0.29, 0.717) is 48.5 Å². The SMILES string of the molecule is COc1ccc(N)c(C(=O)C2CCN(C(=O)c3ccccc3)CC2)c1.Cl. The highest BCUT2D eigenvalue weighted by atomic mass is 35.5. The van der Waals surface area contributed by atoms with Crippen LogP contribution in [0.3, 0.4) is 0 Å². The quantitative estimate of drug-likeness (QED) is 0.657. The van der Waals surface area contributed by atoms with Gasteiger partial charge in [0, 0.05) is 35.8 Å². The molecule has 1 aliphatic rings. The van der Waals surface area contributed by atoms with E-state index in [2.05, 4.69) is 0 Å². The minimum Gasteiger partial charge on any atom is -0.497 e. The summed E-state index contributed by atoms with van der Waals surface area (Å²) in [5.74, 6) is 0.555. The number of halogens is 1. The van der Waals surface area contributed by atoms with Crippen LogP contribution in [-0.2, 0) is 0 Å². The van der Waals surface area contributed by atoms with Gasteiger partial charge in [0.1, 0.15) is 5.75 Å². The molecule has 1 heterocycles. The molecule has 2 aromatic carbocycles. The monoisotopic (exact) mass is 374 g/mol. The van der Waals surface area contributed by atoms with Gasteiger partial charge in [-0.25, -0.2) is 0 Å². The number of ether oxygens (including phenoxy) is 1. The summed E-state index contributed by atoms with van der Waals surface area (Å²) in [5.41, 5.74) is 7.62. The van der Waals surface area contributed by atoms with Gasteiger partial charge in [-0.05, 0) is 43.2 Å². The molecule has 1 aliphatic heterocycles. The maximum absolute atomic E-state index is 12.8. The third kappa shape index (κ3) is 4.17. The first-order valence-electron chi connectivity index (χ1n) is 8.42. The van der Waals surface area contributed by atoms with Crippen LogP contribution in [0, 0.1) is 5.92 Å². The number of nitrogens with zero attached hydrogens (tertiary/aromatic N) is 1. The van der Waals surface area contributed by atoms with E-state index in [-0.39, 0.29) is 30.0 Å². The van der Waals surface area contributed by atoms with Crippen LogP contribution in [0.1, 0.15) is 33.6 Å². The Hall–Kier alpha value is -2.53. The van der Waals surface area contributed by atoms with Crippen molar-refractivity contribution in [2.75, 3.05) is 25.9 Å². The minimum atomic E-state index is -0.116. The summed E-state index contributed by atoms with van der Waals surface area (Å²) >= 11 is 0. The molecule has 6 heteroatoms. The summed E-state index contributed by atoms with van der Waals surface area (Å²) < 4.78 is 5.18. The zero-order valence-electron chi connectivity index (χ0n) is 14.7. The topological polar surface area (TPSA) is 72.6 Å². The van der Waals surface area contributed by atoms with Gasteiger partial charge >= 0.3 is 0 Å². The van der Waals surface area contributed by atoms with Crippen molar-refractivity contribution in [2.24, 2.45) is 5.92 Å². The maximum Gasteiger partial charge on any atom is 0.253 e. The lowest BCUT2D eigenvalue weighted by Gasteiger charge is -2.31. The molecule has 0 aliphatic carbocycles. The van der Waals surface area contributed by atoms with Crippen molar-refractivity contribution in [3.8, 4) is 5.75 Å². The van der Waals surface area contributed by atoms with E-state index in [1.54, 1.807) is 25.3 Å². The maximum atomic E-state index is 12.8. The molecule has 1 fully saturated rings. The molecule has 0 atom stereocenters. The second-order valence-electron chi connectivity index (χ2n) is 6.25. The Morgan fingerprint density at radius 3 is 2.35 bits per heavy atom. The van der Waals surface area contributed by atoms with Crippen LogP contribution >= 0.6 is 12.4 Å². The van der Waals surface area contributed by atoms with Crippen molar-refractivity contribution < 1.29 is 14.3 Å². The molecule has 0 unspecified atom stereocenters. The number of nitrogen functional groups attached to an aromatic ring is 1. The predicted octanol–water partition coefficient (Wildman–Crippen LogP) is 3.43. The van der Waals surface area contributed by atoms with Gasteiger partial charge in [0.15, 0.2) is 5.78 Å². The van der Waals surface area contributed by atoms with Crippen molar-refractivity contribution in [3.05, 3.63) is 59.7 Å². The zero-order chi connectivity index (χ0) is 17.8. The number of carbonyl (C=O) groups is 2. The van der Waals surface area contributed by atoms with Crippen LogP contribution in [-0.4, -0.2) is 36.8 Å². The smallest absolute Gasteiger partial charge is 0.253 e. The number of rotatable bonds is 4. The molecule has 26 heavy (non-hydrogen) atoms. The van der Waals surface area contributed by atoms with Crippen molar-refractivity contribution in [3.63, 3.8) is 0 Å². The summed E-state index contributed by atoms with van der Waals surface area (Å²) in [6, 6.07) is 14.4. The van der Waals surface area contributed by atoms with Crippen LogP contribution < -0.4 is 10.5 Å². The first-order valence-corrected chi connectivity index (χ1v) is 8.42. The number of benzene rings is 2. The van der Waals surface area contributed by atoms with E-state index < -0.39 is 0 Å². The summed E-state index contributed by atoms with van der Waals surface area (Å²) in [6.45, 7) is 1.15. The largest absolute Gasteiger partial charge is 0.497 e. The average molecular weight is 375 g/mol. The second-order valence-corrected chi connectivity index (χ2v) is 6.25. The third-order valence-corrected chi connectivity index (χ3v) is 4.70. The van der Waals surface area contributed by atoms with Crippen molar-refractivity contribution in [1.82, 2.24) is 4.90 Å². The molecule has 5 nitrogen and oxygen atoms in total. The number of Topliss-reactive ketones (excluding diaryl/α,β-unsaturated/α-hetero) is 1. The fourth-order valence-corrected chi connectivity index (χ4v) is 3.20. The lowest BCUT2D eigenvalue weighted by atomic mass is 9.88. The van der Waals surface area contributed by atoms with Crippen LogP contribution in [0.2, 0.25) is 0 Å². The Balaban J connectivity index is 0.00000243. The van der Waals surface area contributed by atoms with Crippen molar-refractivity contribution in [1.29, 1.82) is 0 Å². The lowest BCUT2D eigenvalue weighted by molar-refractivity contribution is 0.0650. The molecular formula is C20H23ClN2O3. The second kappa shape index (κ2) is 8.72. The number of anilines is 1. The number of likely N-dealkylation sites (tertiary alicyclic amines) is 1. The molecule has 0 radical (unpaired) electrons. The summed E-state index contributed by atoms with van der Waals surface area (Å²) in [5, 5.41) is 0. The van der Waals surface area contributed by atoms with Gasteiger partial charge in [-0.3, -0.25) is 9.59 Å². The van der Waals surface area contributed by atoms with Crippen LogP contribution in [0.5, 0.6) is 5.75 Å². The average Bonchev–Trinajstić information content (AvgIpc) is 2.68. The van der Waals surface area contributed by atoms with Crippen molar-refractivity contribution in [2.45, 2.75) is 12.8 Å².